The van der Waals surface area contributed by atoms with Crippen molar-refractivity contribution in [2.45, 2.75) is 38.3 Å². The van der Waals surface area contributed by atoms with Gasteiger partial charge in [-0.2, -0.15) is 4.98 Å². The summed E-state index contributed by atoms with van der Waals surface area (Å²) in [5.74, 6) is 1.42. The van der Waals surface area contributed by atoms with Crippen LogP contribution in [-0.4, -0.2) is 52.2 Å². The van der Waals surface area contributed by atoms with Gasteiger partial charge in [-0.05, 0) is 45.3 Å². The Labute approximate surface area is 137 Å². The van der Waals surface area contributed by atoms with Gasteiger partial charge in [0.2, 0.25) is 11.7 Å². The average molecular weight is 312 g/mol. The van der Waals surface area contributed by atoms with E-state index in [1.807, 2.05) is 30.3 Å². The molecule has 0 bridgehead atoms. The van der Waals surface area contributed by atoms with Crippen LogP contribution in [0.15, 0.2) is 34.9 Å². The molecule has 0 radical (unpaired) electrons. The first-order valence-corrected chi connectivity index (χ1v) is 8.73. The maximum absolute atomic E-state index is 5.47. The van der Waals surface area contributed by atoms with Gasteiger partial charge in [-0.3, -0.25) is 9.80 Å². The van der Waals surface area contributed by atoms with Gasteiger partial charge < -0.3 is 4.52 Å². The van der Waals surface area contributed by atoms with Crippen molar-refractivity contribution in [2.75, 3.05) is 26.2 Å². The molecule has 4 rings (SSSR count). The SMILES string of the molecule is c1ccc(-c2noc(CN3CCC[C@H](N4CCCC4)C3)n2)cc1. The molecular weight excluding hydrogens is 288 g/mol. The summed E-state index contributed by atoms with van der Waals surface area (Å²) in [6, 6.07) is 10.7. The first-order valence-electron chi connectivity index (χ1n) is 8.73. The third-order valence-corrected chi connectivity index (χ3v) is 5.00. The highest BCUT2D eigenvalue weighted by Gasteiger charge is 2.27. The van der Waals surface area contributed by atoms with Crippen LogP contribution in [0.2, 0.25) is 0 Å². The van der Waals surface area contributed by atoms with Gasteiger partial charge in [-0.15, -0.1) is 0 Å². The lowest BCUT2D eigenvalue weighted by Gasteiger charge is -2.36. The van der Waals surface area contributed by atoms with Gasteiger partial charge in [0.05, 0.1) is 6.54 Å². The van der Waals surface area contributed by atoms with Gasteiger partial charge in [0.25, 0.3) is 0 Å². The van der Waals surface area contributed by atoms with Crippen LogP contribution in [0.4, 0.5) is 0 Å². The summed E-state index contributed by atoms with van der Waals surface area (Å²) in [7, 11) is 0. The Kier molecular flexibility index (Phi) is 4.39. The third-order valence-electron chi connectivity index (χ3n) is 5.00. The van der Waals surface area contributed by atoms with E-state index in [1.54, 1.807) is 0 Å². The van der Waals surface area contributed by atoms with Crippen molar-refractivity contribution in [1.29, 1.82) is 0 Å². The molecule has 0 spiro atoms. The Morgan fingerprint density at radius 3 is 2.70 bits per heavy atom. The molecule has 2 saturated heterocycles. The molecule has 0 N–H and O–H groups in total. The van der Waals surface area contributed by atoms with E-state index in [4.69, 9.17) is 4.52 Å². The zero-order valence-corrected chi connectivity index (χ0v) is 13.5. The molecule has 0 amide bonds. The number of piperidine rings is 1. The molecule has 2 aliphatic rings. The van der Waals surface area contributed by atoms with Crippen molar-refractivity contribution in [3.8, 4) is 11.4 Å². The Hall–Kier alpha value is -1.72. The highest BCUT2D eigenvalue weighted by molar-refractivity contribution is 5.53. The van der Waals surface area contributed by atoms with Crippen molar-refractivity contribution in [1.82, 2.24) is 19.9 Å². The summed E-state index contributed by atoms with van der Waals surface area (Å²) in [5, 5.41) is 4.13. The van der Waals surface area contributed by atoms with E-state index < -0.39 is 0 Å². The van der Waals surface area contributed by atoms with Crippen molar-refractivity contribution < 1.29 is 4.52 Å². The molecule has 2 aliphatic heterocycles. The Bertz CT molecular complexity index is 621. The van der Waals surface area contributed by atoms with E-state index in [1.165, 1.54) is 38.8 Å². The maximum Gasteiger partial charge on any atom is 0.241 e. The average Bonchev–Trinajstić information content (AvgIpc) is 3.28. The number of hydrogen-bond donors (Lipinski definition) is 0. The first kappa shape index (κ1) is 14.8. The van der Waals surface area contributed by atoms with Gasteiger partial charge in [-0.25, -0.2) is 0 Å². The zero-order chi connectivity index (χ0) is 15.5. The van der Waals surface area contributed by atoms with Gasteiger partial charge in [0.1, 0.15) is 0 Å². The van der Waals surface area contributed by atoms with E-state index in [9.17, 15) is 0 Å². The lowest BCUT2D eigenvalue weighted by molar-refractivity contribution is 0.102. The summed E-state index contributed by atoms with van der Waals surface area (Å²) in [4.78, 5) is 9.69. The predicted octanol–water partition coefficient (Wildman–Crippen LogP) is 2.80. The Morgan fingerprint density at radius 2 is 1.87 bits per heavy atom. The maximum atomic E-state index is 5.47. The minimum absolute atomic E-state index is 0.689. The van der Waals surface area contributed by atoms with Crippen molar-refractivity contribution in [2.24, 2.45) is 0 Å². The van der Waals surface area contributed by atoms with Crippen LogP contribution < -0.4 is 0 Å². The molecule has 0 saturated carbocycles. The largest absolute Gasteiger partial charge is 0.338 e. The second-order valence-electron chi connectivity index (χ2n) is 6.65. The molecule has 5 heteroatoms. The fourth-order valence-corrected chi connectivity index (χ4v) is 3.79. The fraction of sp³-hybridized carbons (Fsp3) is 0.556. The minimum atomic E-state index is 0.689. The smallest absolute Gasteiger partial charge is 0.241 e. The summed E-state index contributed by atoms with van der Waals surface area (Å²) in [6.45, 7) is 5.58. The second kappa shape index (κ2) is 6.81. The molecule has 23 heavy (non-hydrogen) atoms. The predicted molar refractivity (Wildman–Crippen MR) is 88.8 cm³/mol. The molecule has 2 fully saturated rings. The highest BCUT2D eigenvalue weighted by Crippen LogP contribution is 2.22. The molecule has 5 nitrogen and oxygen atoms in total. The van der Waals surface area contributed by atoms with Crippen LogP contribution in [0.1, 0.15) is 31.6 Å². The van der Waals surface area contributed by atoms with Crippen LogP contribution in [0.25, 0.3) is 11.4 Å². The van der Waals surface area contributed by atoms with Crippen molar-refractivity contribution in [3.05, 3.63) is 36.2 Å². The highest BCUT2D eigenvalue weighted by atomic mass is 16.5. The number of aromatic nitrogens is 2. The molecular formula is C18H24N4O. The molecule has 0 aliphatic carbocycles. The van der Waals surface area contributed by atoms with Crippen molar-refractivity contribution in [3.63, 3.8) is 0 Å². The van der Waals surface area contributed by atoms with Gasteiger partial charge >= 0.3 is 0 Å². The number of hydrogen-bond acceptors (Lipinski definition) is 5. The molecule has 3 heterocycles. The van der Waals surface area contributed by atoms with E-state index in [2.05, 4.69) is 19.9 Å². The number of benzene rings is 1. The van der Waals surface area contributed by atoms with Gasteiger partial charge in [0, 0.05) is 18.2 Å². The summed E-state index contributed by atoms with van der Waals surface area (Å²) < 4.78 is 5.47. The number of likely N-dealkylation sites (tertiary alicyclic amines) is 2. The summed E-state index contributed by atoms with van der Waals surface area (Å²) >= 11 is 0. The van der Waals surface area contributed by atoms with Crippen LogP contribution in [-0.2, 0) is 6.54 Å². The molecule has 0 unspecified atom stereocenters. The first-order chi connectivity index (χ1) is 11.4. The van der Waals surface area contributed by atoms with Gasteiger partial charge in [-0.1, -0.05) is 35.5 Å². The van der Waals surface area contributed by atoms with Crippen LogP contribution >= 0.6 is 0 Å². The number of rotatable bonds is 4. The van der Waals surface area contributed by atoms with Crippen molar-refractivity contribution >= 4 is 0 Å². The van der Waals surface area contributed by atoms with Crippen LogP contribution in [0, 0.1) is 0 Å². The van der Waals surface area contributed by atoms with E-state index in [0.717, 1.165) is 31.1 Å². The Balaban J connectivity index is 1.39. The molecule has 122 valence electrons. The van der Waals surface area contributed by atoms with E-state index in [0.29, 0.717) is 11.9 Å². The van der Waals surface area contributed by atoms with Gasteiger partial charge in [0.15, 0.2) is 0 Å². The quantitative estimate of drug-likeness (QED) is 0.868. The van der Waals surface area contributed by atoms with Crippen LogP contribution in [0.3, 0.4) is 0 Å². The van der Waals surface area contributed by atoms with Crippen LogP contribution in [0.5, 0.6) is 0 Å². The normalized spacial score (nSPS) is 23.4. The van der Waals surface area contributed by atoms with E-state index in [-0.39, 0.29) is 0 Å². The Morgan fingerprint density at radius 1 is 1.04 bits per heavy atom. The summed E-state index contributed by atoms with van der Waals surface area (Å²) in [5.41, 5.74) is 1.01. The van der Waals surface area contributed by atoms with E-state index >= 15 is 0 Å². The standard InChI is InChI=1S/C18H24N4O/c1-2-7-15(8-3-1)18-19-17(23-20-18)14-21-10-6-9-16(13-21)22-11-4-5-12-22/h1-3,7-8,16H,4-6,9-14H2/t16-/m0/s1. The molecule has 2 aromatic rings. The molecule has 1 atom stereocenters. The monoisotopic (exact) mass is 312 g/mol. The lowest BCUT2D eigenvalue weighted by atomic mass is 10.0. The number of nitrogens with zero attached hydrogens (tertiary/aromatic N) is 4. The second-order valence-corrected chi connectivity index (χ2v) is 6.65. The molecule has 1 aromatic heterocycles. The molecule has 1 aromatic carbocycles. The lowest BCUT2D eigenvalue weighted by Crippen LogP contribution is -2.46. The fourth-order valence-electron chi connectivity index (χ4n) is 3.79. The third kappa shape index (κ3) is 3.46. The minimum Gasteiger partial charge on any atom is -0.338 e. The summed E-state index contributed by atoms with van der Waals surface area (Å²) in [6.07, 6.45) is 5.32. The topological polar surface area (TPSA) is 45.4 Å². The zero-order valence-electron chi connectivity index (χ0n) is 13.5.